The molecule has 0 saturated carbocycles. The second-order valence-electron chi connectivity index (χ2n) is 5.29. The van der Waals surface area contributed by atoms with Gasteiger partial charge in [-0.25, -0.2) is 0 Å². The Morgan fingerprint density at radius 1 is 1.22 bits per heavy atom. The van der Waals surface area contributed by atoms with Crippen molar-refractivity contribution in [3.05, 3.63) is 36.0 Å². The van der Waals surface area contributed by atoms with Crippen LogP contribution in [0.5, 0.6) is 5.75 Å². The Morgan fingerprint density at radius 3 is 2.56 bits per heavy atom. The van der Waals surface area contributed by atoms with Crippen molar-refractivity contribution in [1.82, 2.24) is 4.98 Å². The molecule has 0 aliphatic heterocycles. The van der Waals surface area contributed by atoms with E-state index in [2.05, 4.69) is 4.98 Å². The van der Waals surface area contributed by atoms with Crippen LogP contribution >= 0.6 is 0 Å². The summed E-state index contributed by atoms with van der Waals surface area (Å²) in [5.74, 6) is 0.805. The average Bonchev–Trinajstić information content (AvgIpc) is 2.35. The van der Waals surface area contributed by atoms with E-state index in [0.717, 1.165) is 10.9 Å². The first-order valence-corrected chi connectivity index (χ1v) is 5.91. The third kappa shape index (κ3) is 2.08. The first-order chi connectivity index (χ1) is 8.45. The van der Waals surface area contributed by atoms with Crippen molar-refractivity contribution in [2.45, 2.75) is 20.8 Å². The molecule has 2 aromatic rings. The number of hydrogen-bond donors (Lipinski definition) is 0. The second kappa shape index (κ2) is 4.41. The van der Waals surface area contributed by atoms with Crippen LogP contribution < -0.4 is 4.74 Å². The van der Waals surface area contributed by atoms with Crippen LogP contribution in [0.4, 0.5) is 0 Å². The van der Waals surface area contributed by atoms with Crippen molar-refractivity contribution in [2.75, 3.05) is 7.11 Å². The highest BCUT2D eigenvalue weighted by atomic mass is 16.5. The number of ether oxygens (including phenoxy) is 1. The second-order valence-corrected chi connectivity index (χ2v) is 5.29. The van der Waals surface area contributed by atoms with Gasteiger partial charge in [0.15, 0.2) is 5.78 Å². The highest BCUT2D eigenvalue weighted by Gasteiger charge is 2.25. The molecular formula is C15H17NO2. The molecule has 3 heteroatoms. The van der Waals surface area contributed by atoms with Gasteiger partial charge in [0.1, 0.15) is 11.3 Å². The molecule has 0 aliphatic rings. The van der Waals surface area contributed by atoms with E-state index in [1.54, 1.807) is 19.4 Å². The SMILES string of the molecule is COc1ccc(C(=O)C(C)(C)C)c2cccnc12. The molecule has 1 heterocycles. The molecule has 1 aromatic carbocycles. The van der Waals surface area contributed by atoms with E-state index >= 15 is 0 Å². The third-order valence-electron chi connectivity index (χ3n) is 2.88. The van der Waals surface area contributed by atoms with Gasteiger partial charge >= 0.3 is 0 Å². The Labute approximate surface area is 107 Å². The fourth-order valence-electron chi connectivity index (χ4n) is 1.91. The van der Waals surface area contributed by atoms with Crippen LogP contribution in [0, 0.1) is 5.41 Å². The lowest BCUT2D eigenvalue weighted by Gasteiger charge is -2.18. The highest BCUT2D eigenvalue weighted by Crippen LogP contribution is 2.30. The summed E-state index contributed by atoms with van der Waals surface area (Å²) < 4.78 is 5.27. The quantitative estimate of drug-likeness (QED) is 0.758. The summed E-state index contributed by atoms with van der Waals surface area (Å²) in [4.78, 5) is 16.7. The van der Waals surface area contributed by atoms with E-state index in [4.69, 9.17) is 4.74 Å². The highest BCUT2D eigenvalue weighted by molar-refractivity contribution is 6.10. The summed E-state index contributed by atoms with van der Waals surface area (Å²) in [5, 5.41) is 0.844. The minimum Gasteiger partial charge on any atom is -0.494 e. The predicted octanol–water partition coefficient (Wildman–Crippen LogP) is 3.47. The average molecular weight is 243 g/mol. The molecule has 0 amide bonds. The number of aromatic nitrogens is 1. The molecule has 0 saturated heterocycles. The summed E-state index contributed by atoms with van der Waals surface area (Å²) in [6.07, 6.45) is 1.70. The lowest BCUT2D eigenvalue weighted by Crippen LogP contribution is -2.20. The summed E-state index contributed by atoms with van der Waals surface area (Å²) in [6.45, 7) is 5.76. The van der Waals surface area contributed by atoms with Crippen molar-refractivity contribution >= 4 is 16.7 Å². The van der Waals surface area contributed by atoms with Gasteiger partial charge in [-0.1, -0.05) is 26.8 Å². The lowest BCUT2D eigenvalue weighted by atomic mass is 9.85. The normalized spacial score (nSPS) is 11.6. The van der Waals surface area contributed by atoms with Crippen LogP contribution in [0.25, 0.3) is 10.9 Å². The topological polar surface area (TPSA) is 39.2 Å². The number of fused-ring (bicyclic) bond motifs is 1. The number of Topliss-reactive ketones (excluding diaryl/α,β-unsaturated/α-hetero) is 1. The van der Waals surface area contributed by atoms with E-state index in [0.29, 0.717) is 11.3 Å². The smallest absolute Gasteiger partial charge is 0.168 e. The molecule has 0 spiro atoms. The summed E-state index contributed by atoms with van der Waals surface area (Å²) in [7, 11) is 1.61. The zero-order chi connectivity index (χ0) is 13.3. The van der Waals surface area contributed by atoms with Crippen LogP contribution in [0.1, 0.15) is 31.1 Å². The first-order valence-electron chi connectivity index (χ1n) is 5.91. The van der Waals surface area contributed by atoms with Crippen molar-refractivity contribution in [1.29, 1.82) is 0 Å². The minimum atomic E-state index is -0.405. The van der Waals surface area contributed by atoms with Crippen LogP contribution in [-0.2, 0) is 0 Å². The van der Waals surface area contributed by atoms with Gasteiger partial charge in [-0.3, -0.25) is 9.78 Å². The van der Waals surface area contributed by atoms with E-state index in [9.17, 15) is 4.79 Å². The fourth-order valence-corrected chi connectivity index (χ4v) is 1.91. The number of methoxy groups -OCH3 is 1. The molecule has 18 heavy (non-hydrogen) atoms. The van der Waals surface area contributed by atoms with E-state index in [1.165, 1.54) is 0 Å². The Balaban J connectivity index is 2.71. The number of pyridine rings is 1. The Hall–Kier alpha value is -1.90. The Kier molecular flexibility index (Phi) is 3.07. The standard InChI is InChI=1S/C15H17NO2/c1-15(2,3)14(17)11-7-8-12(18-4)13-10(11)6-5-9-16-13/h5-9H,1-4H3. The number of benzene rings is 1. The predicted molar refractivity (Wildman–Crippen MR) is 72.1 cm³/mol. The van der Waals surface area contributed by atoms with Gasteiger partial charge in [-0.15, -0.1) is 0 Å². The molecule has 2 rings (SSSR count). The summed E-state index contributed by atoms with van der Waals surface area (Å²) in [6, 6.07) is 7.36. The van der Waals surface area contributed by atoms with Gasteiger partial charge in [0, 0.05) is 22.6 Å². The number of rotatable bonds is 2. The molecule has 3 nitrogen and oxygen atoms in total. The van der Waals surface area contributed by atoms with Crippen LogP contribution in [-0.4, -0.2) is 17.9 Å². The number of carbonyl (C=O) groups excluding carboxylic acids is 1. The molecule has 0 N–H and O–H groups in total. The number of carbonyl (C=O) groups is 1. The van der Waals surface area contributed by atoms with Crippen molar-refractivity contribution in [3.63, 3.8) is 0 Å². The van der Waals surface area contributed by atoms with Crippen LogP contribution in [0.2, 0.25) is 0 Å². The Bertz CT molecular complexity index is 597. The van der Waals surface area contributed by atoms with Gasteiger partial charge < -0.3 is 4.74 Å². The van der Waals surface area contributed by atoms with Gasteiger partial charge in [-0.2, -0.15) is 0 Å². The molecule has 0 atom stereocenters. The Morgan fingerprint density at radius 2 is 1.94 bits per heavy atom. The lowest BCUT2D eigenvalue weighted by molar-refractivity contribution is 0.0860. The summed E-state index contributed by atoms with van der Waals surface area (Å²) in [5.41, 5.74) is 1.03. The molecule has 0 radical (unpaired) electrons. The molecule has 0 unspecified atom stereocenters. The summed E-state index contributed by atoms with van der Waals surface area (Å²) >= 11 is 0. The zero-order valence-electron chi connectivity index (χ0n) is 11.2. The van der Waals surface area contributed by atoms with Gasteiger partial charge in [0.2, 0.25) is 0 Å². The number of hydrogen-bond acceptors (Lipinski definition) is 3. The van der Waals surface area contributed by atoms with Crippen molar-refractivity contribution < 1.29 is 9.53 Å². The van der Waals surface area contributed by atoms with Crippen LogP contribution in [0.3, 0.4) is 0 Å². The molecule has 94 valence electrons. The first kappa shape index (κ1) is 12.6. The monoisotopic (exact) mass is 243 g/mol. The van der Waals surface area contributed by atoms with E-state index in [1.807, 2.05) is 39.0 Å². The van der Waals surface area contributed by atoms with Gasteiger partial charge in [0.05, 0.1) is 7.11 Å². The van der Waals surface area contributed by atoms with E-state index < -0.39 is 5.41 Å². The maximum Gasteiger partial charge on any atom is 0.168 e. The van der Waals surface area contributed by atoms with Gasteiger partial charge in [0.25, 0.3) is 0 Å². The van der Waals surface area contributed by atoms with Crippen molar-refractivity contribution in [2.24, 2.45) is 5.41 Å². The number of ketones is 1. The van der Waals surface area contributed by atoms with Crippen LogP contribution in [0.15, 0.2) is 30.5 Å². The maximum atomic E-state index is 12.4. The third-order valence-corrected chi connectivity index (χ3v) is 2.88. The van der Waals surface area contributed by atoms with Crippen molar-refractivity contribution in [3.8, 4) is 5.75 Å². The van der Waals surface area contributed by atoms with Gasteiger partial charge in [-0.05, 0) is 18.2 Å². The minimum absolute atomic E-state index is 0.114. The zero-order valence-corrected chi connectivity index (χ0v) is 11.2. The molecule has 0 bridgehead atoms. The number of nitrogens with zero attached hydrogens (tertiary/aromatic N) is 1. The molecule has 1 aromatic heterocycles. The maximum absolute atomic E-state index is 12.4. The molecule has 0 fully saturated rings. The fraction of sp³-hybridized carbons (Fsp3) is 0.333. The largest absolute Gasteiger partial charge is 0.494 e. The molecule has 0 aliphatic carbocycles. The van der Waals surface area contributed by atoms with E-state index in [-0.39, 0.29) is 5.78 Å². The molecular weight excluding hydrogens is 226 g/mol.